The smallest absolute Gasteiger partial charge is 0.283 e. The molecular weight excluding hydrogens is 474 g/mol. The molecule has 7 nitrogen and oxygen atoms in total. The molecule has 8 heteroatoms. The maximum Gasteiger partial charge on any atom is 0.283 e. The molecule has 0 atom stereocenters. The number of hydrogen-bond donors (Lipinski definition) is 1. The summed E-state index contributed by atoms with van der Waals surface area (Å²) < 4.78 is 39.2. The summed E-state index contributed by atoms with van der Waals surface area (Å²) in [4.78, 5) is 0.160. The highest BCUT2D eigenvalue weighted by molar-refractivity contribution is 7.89. The van der Waals surface area contributed by atoms with Crippen LogP contribution in [-0.4, -0.2) is 31.8 Å². The van der Waals surface area contributed by atoms with Crippen molar-refractivity contribution >= 4 is 21.9 Å². The first kappa shape index (κ1) is 23.7. The van der Waals surface area contributed by atoms with Crippen molar-refractivity contribution in [2.75, 3.05) is 20.0 Å². The van der Waals surface area contributed by atoms with Crippen LogP contribution in [0.5, 0.6) is 11.5 Å². The van der Waals surface area contributed by atoms with Crippen LogP contribution in [0.4, 0.5) is 5.82 Å². The van der Waals surface area contributed by atoms with E-state index in [9.17, 15) is 8.42 Å². The van der Waals surface area contributed by atoms with E-state index in [1.54, 1.807) is 38.5 Å². The summed E-state index contributed by atoms with van der Waals surface area (Å²) in [5.41, 5.74) is 9.63. The van der Waals surface area contributed by atoms with E-state index in [1.807, 2.05) is 61.5 Å². The second kappa shape index (κ2) is 8.87. The summed E-state index contributed by atoms with van der Waals surface area (Å²) in [5, 5.41) is 4.29. The largest absolute Gasteiger partial charge is 0.497 e. The number of hydrogen-bond acceptors (Lipinski definition) is 6. The summed E-state index contributed by atoms with van der Waals surface area (Å²) in [6.45, 7) is 1.91. The van der Waals surface area contributed by atoms with Crippen LogP contribution in [0.2, 0.25) is 0 Å². The average Bonchev–Trinajstić information content (AvgIpc) is 3.25. The van der Waals surface area contributed by atoms with E-state index in [2.05, 4.69) is 11.2 Å². The molecule has 4 aromatic rings. The van der Waals surface area contributed by atoms with Crippen molar-refractivity contribution in [1.82, 2.24) is 9.19 Å². The molecule has 5 rings (SSSR count). The fourth-order valence-electron chi connectivity index (χ4n) is 4.71. The zero-order valence-electron chi connectivity index (χ0n) is 20.3. The lowest BCUT2D eigenvalue weighted by Gasteiger charge is -2.35. The lowest BCUT2D eigenvalue weighted by Crippen LogP contribution is -2.32. The van der Waals surface area contributed by atoms with Gasteiger partial charge in [0, 0.05) is 17.4 Å². The van der Waals surface area contributed by atoms with E-state index in [1.165, 1.54) is 0 Å². The number of aromatic nitrogens is 2. The third-order valence-corrected chi connectivity index (χ3v) is 8.38. The number of ether oxygens (including phenoxy) is 2. The minimum absolute atomic E-state index is 0.160. The molecule has 1 aromatic heterocycles. The summed E-state index contributed by atoms with van der Waals surface area (Å²) >= 11 is 0. The molecule has 3 aromatic carbocycles. The normalized spacial score (nSPS) is 14.3. The minimum atomic E-state index is -3.96. The monoisotopic (exact) mass is 501 g/mol. The van der Waals surface area contributed by atoms with Crippen molar-refractivity contribution in [1.29, 1.82) is 0 Å². The van der Waals surface area contributed by atoms with Gasteiger partial charge in [-0.3, -0.25) is 0 Å². The van der Waals surface area contributed by atoms with Crippen LogP contribution in [0.3, 0.4) is 0 Å². The Hall–Kier alpha value is -4.04. The lowest BCUT2D eigenvalue weighted by molar-refractivity contribution is 0.414. The Bertz CT molecular complexity index is 1490. The van der Waals surface area contributed by atoms with Crippen LogP contribution in [0.15, 0.2) is 83.8 Å². The number of fused-ring (bicyclic) bond motifs is 1. The summed E-state index contributed by atoms with van der Waals surface area (Å²) in [6, 6.07) is 22.3. The van der Waals surface area contributed by atoms with Gasteiger partial charge in [0.25, 0.3) is 10.0 Å². The second-order valence-corrected chi connectivity index (χ2v) is 10.6. The van der Waals surface area contributed by atoms with Gasteiger partial charge >= 0.3 is 0 Å². The average molecular weight is 502 g/mol. The molecule has 1 heterocycles. The molecule has 2 N–H and O–H groups in total. The number of nitrogens with zero attached hydrogens (tertiary/aromatic N) is 2. The first-order chi connectivity index (χ1) is 17.3. The van der Waals surface area contributed by atoms with E-state index in [-0.39, 0.29) is 10.7 Å². The van der Waals surface area contributed by atoms with Crippen molar-refractivity contribution in [3.63, 3.8) is 0 Å². The number of methoxy groups -OCH3 is 2. The van der Waals surface area contributed by atoms with Crippen molar-refractivity contribution in [2.45, 2.75) is 23.7 Å². The highest BCUT2D eigenvalue weighted by Crippen LogP contribution is 2.44. The van der Waals surface area contributed by atoms with Crippen molar-refractivity contribution in [3.8, 4) is 11.5 Å². The lowest BCUT2D eigenvalue weighted by atomic mass is 9.68. The summed E-state index contributed by atoms with van der Waals surface area (Å²) in [5.74, 6) is 1.65. The number of nitrogens with two attached hydrogens (primary N) is 1. The van der Waals surface area contributed by atoms with Crippen LogP contribution >= 0.6 is 0 Å². The first-order valence-corrected chi connectivity index (χ1v) is 12.9. The Morgan fingerprint density at radius 1 is 0.861 bits per heavy atom. The highest BCUT2D eigenvalue weighted by atomic mass is 32.2. The third-order valence-electron chi connectivity index (χ3n) is 6.75. The van der Waals surface area contributed by atoms with Gasteiger partial charge in [-0.25, -0.2) is 0 Å². The Labute approximate surface area is 210 Å². The number of nitrogen functional groups attached to an aromatic ring is 1. The number of rotatable bonds is 6. The molecule has 0 bridgehead atoms. The molecular formula is C28H27N3O4S. The molecule has 0 saturated heterocycles. The topological polar surface area (TPSA) is 96.4 Å². The molecule has 0 amide bonds. The maximum absolute atomic E-state index is 13.7. The van der Waals surface area contributed by atoms with Crippen LogP contribution < -0.4 is 15.2 Å². The van der Waals surface area contributed by atoms with Crippen molar-refractivity contribution < 1.29 is 17.9 Å². The fraction of sp³-hybridized carbons (Fsp3) is 0.179. The van der Waals surface area contributed by atoms with Crippen molar-refractivity contribution in [3.05, 3.63) is 107 Å². The van der Waals surface area contributed by atoms with E-state index < -0.39 is 15.4 Å². The van der Waals surface area contributed by atoms with Gasteiger partial charge < -0.3 is 15.2 Å². The summed E-state index contributed by atoms with van der Waals surface area (Å²) in [7, 11) is -0.714. The van der Waals surface area contributed by atoms with Gasteiger partial charge in [-0.05, 0) is 54.4 Å². The maximum atomic E-state index is 13.7. The Morgan fingerprint density at radius 2 is 1.39 bits per heavy atom. The second-order valence-electron chi connectivity index (χ2n) is 8.85. The standard InChI is InChI=1S/C28H27N3O4S/c1-19-4-14-24(15-5-19)36(32,33)31-26-18-28(17-16-25(26)27(29)30-31,20-6-10-22(34-2)11-7-20)21-8-12-23(35-3)13-9-21/h4-17H,18H2,1-3H3,(H2,29,30). The molecule has 0 spiro atoms. The Kier molecular flexibility index (Phi) is 5.84. The number of anilines is 1. The fourth-order valence-corrected chi connectivity index (χ4v) is 6.03. The van der Waals surface area contributed by atoms with Gasteiger partial charge in [0.05, 0.1) is 24.8 Å². The first-order valence-electron chi connectivity index (χ1n) is 11.5. The van der Waals surface area contributed by atoms with Crippen LogP contribution in [0, 0.1) is 6.92 Å². The molecule has 0 aliphatic heterocycles. The SMILES string of the molecule is COc1ccc(C2(c3ccc(OC)cc3)C=Cc3c(N)nn(S(=O)(=O)c4ccc(C)cc4)c3C2)cc1. The molecule has 1 aliphatic carbocycles. The molecule has 0 radical (unpaired) electrons. The Morgan fingerprint density at radius 3 is 1.89 bits per heavy atom. The van der Waals surface area contributed by atoms with Crippen molar-refractivity contribution in [2.24, 2.45) is 0 Å². The van der Waals surface area contributed by atoms with Gasteiger partial charge in [0.2, 0.25) is 0 Å². The zero-order valence-corrected chi connectivity index (χ0v) is 21.1. The van der Waals surface area contributed by atoms with Gasteiger partial charge in [-0.2, -0.15) is 12.5 Å². The number of benzene rings is 3. The van der Waals surface area contributed by atoms with Crippen LogP contribution in [0.1, 0.15) is 27.9 Å². The molecule has 0 saturated carbocycles. The molecule has 0 unspecified atom stereocenters. The summed E-state index contributed by atoms with van der Waals surface area (Å²) in [6.07, 6.45) is 4.28. The van der Waals surface area contributed by atoms with E-state index in [4.69, 9.17) is 15.2 Å². The van der Waals surface area contributed by atoms with E-state index in [0.717, 1.165) is 32.3 Å². The Balaban J connectivity index is 1.69. The minimum Gasteiger partial charge on any atom is -0.497 e. The van der Waals surface area contributed by atoms with Crippen LogP contribution in [-0.2, 0) is 21.9 Å². The van der Waals surface area contributed by atoms with E-state index >= 15 is 0 Å². The molecule has 36 heavy (non-hydrogen) atoms. The van der Waals surface area contributed by atoms with Crippen LogP contribution in [0.25, 0.3) is 6.08 Å². The third kappa shape index (κ3) is 3.83. The van der Waals surface area contributed by atoms with Gasteiger partial charge in [0.15, 0.2) is 5.82 Å². The van der Waals surface area contributed by atoms with Gasteiger partial charge in [-0.15, -0.1) is 5.10 Å². The molecule has 1 aliphatic rings. The number of aryl methyl sites for hydroxylation is 1. The van der Waals surface area contributed by atoms with E-state index in [0.29, 0.717) is 17.7 Å². The predicted molar refractivity (Wildman–Crippen MR) is 140 cm³/mol. The quantitative estimate of drug-likeness (QED) is 0.415. The van der Waals surface area contributed by atoms with Gasteiger partial charge in [0.1, 0.15) is 11.5 Å². The zero-order chi connectivity index (χ0) is 25.5. The number of allylic oxidation sites excluding steroid dienone is 1. The highest BCUT2D eigenvalue weighted by Gasteiger charge is 2.39. The predicted octanol–water partition coefficient (Wildman–Crippen LogP) is 4.58. The molecule has 0 fully saturated rings. The van der Waals surface area contributed by atoms with Gasteiger partial charge in [-0.1, -0.05) is 54.1 Å². The molecule has 184 valence electrons.